The number of unbranched alkanes of at least 4 members (excludes halogenated alkanes) is 3. The van der Waals surface area contributed by atoms with Gasteiger partial charge < -0.3 is 5.32 Å². The number of halogens is 3. The molecule has 1 N–H and O–H groups in total. The van der Waals surface area contributed by atoms with E-state index < -0.39 is 11.7 Å². The van der Waals surface area contributed by atoms with E-state index in [-0.39, 0.29) is 0 Å². The molecule has 0 amide bonds. The molecule has 0 aliphatic heterocycles. The maximum atomic E-state index is 12.4. The summed E-state index contributed by atoms with van der Waals surface area (Å²) >= 11 is 1.86. The number of thioether (sulfide) groups is 1. The van der Waals surface area contributed by atoms with Crippen molar-refractivity contribution in [2.45, 2.75) is 31.9 Å². The molecule has 0 unspecified atom stereocenters. The van der Waals surface area contributed by atoms with Crippen LogP contribution in [0, 0.1) is 0 Å². The molecule has 0 heterocycles. The predicted molar refractivity (Wildman–Crippen MR) is 76.8 cm³/mol. The van der Waals surface area contributed by atoms with Crippen molar-refractivity contribution in [2.75, 3.05) is 23.9 Å². The first-order valence-corrected chi connectivity index (χ1v) is 7.83. The molecule has 0 atom stereocenters. The monoisotopic (exact) mass is 291 g/mol. The Kier molecular flexibility index (Phi) is 7.13. The fourth-order valence-electron chi connectivity index (χ4n) is 1.73. The largest absolute Gasteiger partial charge is 0.416 e. The van der Waals surface area contributed by atoms with Crippen LogP contribution in [0.3, 0.4) is 0 Å². The lowest BCUT2D eigenvalue weighted by Gasteiger charge is -2.09. The lowest BCUT2D eigenvalue weighted by Crippen LogP contribution is -2.06. The summed E-state index contributed by atoms with van der Waals surface area (Å²) in [5.41, 5.74) is 0.146. The van der Waals surface area contributed by atoms with Crippen molar-refractivity contribution < 1.29 is 13.2 Å². The summed E-state index contributed by atoms with van der Waals surface area (Å²) in [5.74, 6) is 1.20. The van der Waals surface area contributed by atoms with E-state index in [1.807, 2.05) is 11.8 Å². The summed E-state index contributed by atoms with van der Waals surface area (Å²) in [6, 6.07) is 5.19. The Morgan fingerprint density at radius 2 is 1.63 bits per heavy atom. The SMILES string of the molecule is CSCCCCCCNc1ccc(C(F)(F)F)cc1. The topological polar surface area (TPSA) is 12.0 Å². The van der Waals surface area contributed by atoms with Gasteiger partial charge in [-0.3, -0.25) is 0 Å². The van der Waals surface area contributed by atoms with Crippen molar-refractivity contribution in [1.82, 2.24) is 0 Å². The molecule has 0 spiro atoms. The zero-order chi connectivity index (χ0) is 14.1. The zero-order valence-electron chi connectivity index (χ0n) is 11.1. The minimum Gasteiger partial charge on any atom is -0.385 e. The summed E-state index contributed by atoms with van der Waals surface area (Å²) < 4.78 is 37.1. The molecule has 0 saturated carbocycles. The highest BCUT2D eigenvalue weighted by Crippen LogP contribution is 2.29. The summed E-state index contributed by atoms with van der Waals surface area (Å²) in [5, 5.41) is 3.14. The van der Waals surface area contributed by atoms with Gasteiger partial charge in [0.1, 0.15) is 0 Å². The third-order valence-corrected chi connectivity index (χ3v) is 3.51. The van der Waals surface area contributed by atoms with Gasteiger partial charge in [0.15, 0.2) is 0 Å². The number of hydrogen-bond acceptors (Lipinski definition) is 2. The second-order valence-electron chi connectivity index (χ2n) is 4.41. The van der Waals surface area contributed by atoms with Crippen LogP contribution >= 0.6 is 11.8 Å². The fourth-order valence-corrected chi connectivity index (χ4v) is 2.23. The van der Waals surface area contributed by atoms with Gasteiger partial charge in [-0.2, -0.15) is 24.9 Å². The van der Waals surface area contributed by atoms with Gasteiger partial charge in [-0.15, -0.1) is 0 Å². The Bertz CT molecular complexity index is 349. The number of benzene rings is 1. The first-order chi connectivity index (χ1) is 9.04. The molecular weight excluding hydrogens is 271 g/mol. The van der Waals surface area contributed by atoms with Crippen LogP contribution in [0.2, 0.25) is 0 Å². The van der Waals surface area contributed by atoms with Crippen LogP contribution in [0.15, 0.2) is 24.3 Å². The molecule has 1 rings (SSSR count). The number of alkyl halides is 3. The van der Waals surface area contributed by atoms with Crippen molar-refractivity contribution in [3.05, 3.63) is 29.8 Å². The van der Waals surface area contributed by atoms with Gasteiger partial charge in [-0.05, 0) is 49.1 Å². The van der Waals surface area contributed by atoms with E-state index in [1.165, 1.54) is 30.7 Å². The molecule has 0 aromatic heterocycles. The molecule has 0 saturated heterocycles. The van der Waals surface area contributed by atoms with E-state index >= 15 is 0 Å². The van der Waals surface area contributed by atoms with Crippen molar-refractivity contribution >= 4 is 17.4 Å². The van der Waals surface area contributed by atoms with Gasteiger partial charge in [0, 0.05) is 12.2 Å². The Labute approximate surface area is 117 Å². The van der Waals surface area contributed by atoms with Crippen molar-refractivity contribution in [2.24, 2.45) is 0 Å². The van der Waals surface area contributed by atoms with Crippen LogP contribution in [-0.4, -0.2) is 18.6 Å². The number of hydrogen-bond donors (Lipinski definition) is 1. The van der Waals surface area contributed by atoms with Gasteiger partial charge in [0.05, 0.1) is 5.56 Å². The number of anilines is 1. The molecular formula is C14H20F3NS. The van der Waals surface area contributed by atoms with Crippen molar-refractivity contribution in [3.63, 3.8) is 0 Å². The molecule has 1 aromatic rings. The molecule has 0 radical (unpaired) electrons. The quantitative estimate of drug-likeness (QED) is 0.673. The van der Waals surface area contributed by atoms with Crippen LogP contribution in [-0.2, 0) is 6.18 Å². The molecule has 1 aromatic carbocycles. The highest BCUT2D eigenvalue weighted by molar-refractivity contribution is 7.98. The third-order valence-electron chi connectivity index (χ3n) is 2.82. The fraction of sp³-hybridized carbons (Fsp3) is 0.571. The highest BCUT2D eigenvalue weighted by atomic mass is 32.2. The minimum atomic E-state index is -4.25. The molecule has 0 aliphatic carbocycles. The van der Waals surface area contributed by atoms with E-state index in [4.69, 9.17) is 0 Å². The Morgan fingerprint density at radius 3 is 2.21 bits per heavy atom. The first kappa shape index (κ1) is 16.2. The Hall–Kier alpha value is -0.840. The summed E-state index contributed by atoms with van der Waals surface area (Å²) in [6.07, 6.45) is 2.52. The Balaban J connectivity index is 2.20. The van der Waals surface area contributed by atoms with Crippen LogP contribution in [0.1, 0.15) is 31.2 Å². The molecule has 108 valence electrons. The van der Waals surface area contributed by atoms with Gasteiger partial charge in [0.2, 0.25) is 0 Å². The minimum absolute atomic E-state index is 0.602. The number of nitrogens with one attached hydrogen (secondary N) is 1. The standard InChI is InChI=1S/C14H20F3NS/c1-19-11-5-3-2-4-10-18-13-8-6-12(7-9-13)14(15,16)17/h6-9,18H,2-5,10-11H2,1H3. The second-order valence-corrected chi connectivity index (χ2v) is 5.39. The molecule has 0 aliphatic rings. The van der Waals surface area contributed by atoms with Crippen LogP contribution in [0.25, 0.3) is 0 Å². The molecule has 19 heavy (non-hydrogen) atoms. The van der Waals surface area contributed by atoms with E-state index in [1.54, 1.807) is 0 Å². The molecule has 5 heteroatoms. The van der Waals surface area contributed by atoms with E-state index in [2.05, 4.69) is 11.6 Å². The van der Waals surface area contributed by atoms with Crippen LogP contribution < -0.4 is 5.32 Å². The summed E-state index contributed by atoms with van der Waals surface area (Å²) in [4.78, 5) is 0. The van der Waals surface area contributed by atoms with Gasteiger partial charge in [-0.25, -0.2) is 0 Å². The second kappa shape index (κ2) is 8.35. The van der Waals surface area contributed by atoms with E-state index in [0.29, 0.717) is 0 Å². The predicted octanol–water partition coefficient (Wildman–Crippen LogP) is 5.04. The molecule has 0 bridgehead atoms. The Morgan fingerprint density at radius 1 is 1.00 bits per heavy atom. The van der Waals surface area contributed by atoms with Gasteiger partial charge in [0.25, 0.3) is 0 Å². The molecule has 0 fully saturated rings. The van der Waals surface area contributed by atoms with Gasteiger partial charge >= 0.3 is 6.18 Å². The highest BCUT2D eigenvalue weighted by Gasteiger charge is 2.29. The third kappa shape index (κ3) is 6.76. The van der Waals surface area contributed by atoms with Crippen molar-refractivity contribution in [1.29, 1.82) is 0 Å². The summed E-state index contributed by atoms with van der Waals surface area (Å²) in [6.45, 7) is 0.810. The average Bonchev–Trinajstić information content (AvgIpc) is 2.37. The van der Waals surface area contributed by atoms with E-state index in [0.717, 1.165) is 37.2 Å². The normalized spacial score (nSPS) is 11.6. The zero-order valence-corrected chi connectivity index (χ0v) is 11.9. The number of rotatable bonds is 8. The molecule has 1 nitrogen and oxygen atoms in total. The maximum Gasteiger partial charge on any atom is 0.416 e. The average molecular weight is 291 g/mol. The van der Waals surface area contributed by atoms with Crippen LogP contribution in [0.5, 0.6) is 0 Å². The van der Waals surface area contributed by atoms with E-state index in [9.17, 15) is 13.2 Å². The lowest BCUT2D eigenvalue weighted by atomic mass is 10.2. The lowest BCUT2D eigenvalue weighted by molar-refractivity contribution is -0.137. The smallest absolute Gasteiger partial charge is 0.385 e. The van der Waals surface area contributed by atoms with Crippen LogP contribution in [0.4, 0.5) is 18.9 Å². The van der Waals surface area contributed by atoms with Gasteiger partial charge in [-0.1, -0.05) is 12.8 Å². The maximum absolute atomic E-state index is 12.4. The summed E-state index contributed by atoms with van der Waals surface area (Å²) in [7, 11) is 0. The first-order valence-electron chi connectivity index (χ1n) is 6.44. The van der Waals surface area contributed by atoms with Crippen molar-refractivity contribution in [3.8, 4) is 0 Å².